The van der Waals surface area contributed by atoms with Gasteiger partial charge in [0.15, 0.2) is 0 Å². The molecule has 0 aromatic heterocycles. The maximum absolute atomic E-state index is 8.68. The Bertz CT molecular complexity index is 351. The molecule has 0 bridgehead atoms. The van der Waals surface area contributed by atoms with Crippen LogP contribution in [0.2, 0.25) is 0 Å². The van der Waals surface area contributed by atoms with Crippen LogP contribution in [0.15, 0.2) is 18.2 Å². The van der Waals surface area contributed by atoms with Crippen LogP contribution in [-0.4, -0.2) is 7.11 Å². The van der Waals surface area contributed by atoms with Crippen molar-refractivity contribution in [3.63, 3.8) is 0 Å². The van der Waals surface area contributed by atoms with Crippen LogP contribution in [-0.2, 0) is 6.42 Å². The smallest absolute Gasteiger partial charge is 0.119 e. The fourth-order valence-electron chi connectivity index (χ4n) is 1.54. The van der Waals surface area contributed by atoms with Gasteiger partial charge in [-0.25, -0.2) is 0 Å². The molecule has 2 nitrogen and oxygen atoms in total. The standard InChI is InChI=1S/C10H9NO/c1-12-9-2-3-10-7(5-9)4-8(10)6-11/h2-3,5,8H,4H2,1H3. The van der Waals surface area contributed by atoms with E-state index in [0.717, 1.165) is 12.2 Å². The van der Waals surface area contributed by atoms with E-state index in [1.165, 1.54) is 11.1 Å². The van der Waals surface area contributed by atoms with Crippen LogP contribution >= 0.6 is 0 Å². The lowest BCUT2D eigenvalue weighted by atomic mass is 9.78. The Balaban J connectivity index is 2.36. The summed E-state index contributed by atoms with van der Waals surface area (Å²) < 4.78 is 5.07. The van der Waals surface area contributed by atoms with Crippen LogP contribution in [0.1, 0.15) is 17.0 Å². The molecular formula is C10H9NO. The second kappa shape index (κ2) is 2.53. The fourth-order valence-corrected chi connectivity index (χ4v) is 1.54. The largest absolute Gasteiger partial charge is 0.497 e. The van der Waals surface area contributed by atoms with Crippen molar-refractivity contribution in [1.29, 1.82) is 5.26 Å². The van der Waals surface area contributed by atoms with Crippen molar-refractivity contribution in [3.05, 3.63) is 29.3 Å². The van der Waals surface area contributed by atoms with E-state index < -0.39 is 0 Å². The average Bonchev–Trinajstić information content (AvgIpc) is 2.07. The van der Waals surface area contributed by atoms with Crippen molar-refractivity contribution in [2.45, 2.75) is 12.3 Å². The van der Waals surface area contributed by atoms with Crippen molar-refractivity contribution in [2.75, 3.05) is 7.11 Å². The Morgan fingerprint density at radius 2 is 2.42 bits per heavy atom. The summed E-state index contributed by atoms with van der Waals surface area (Å²) in [4.78, 5) is 0. The highest BCUT2D eigenvalue weighted by Crippen LogP contribution is 2.36. The summed E-state index contributed by atoms with van der Waals surface area (Å²) in [5.41, 5.74) is 2.42. The number of benzene rings is 1. The Labute approximate surface area is 71.4 Å². The minimum Gasteiger partial charge on any atom is -0.497 e. The molecule has 1 aromatic rings. The van der Waals surface area contributed by atoms with Crippen LogP contribution < -0.4 is 4.74 Å². The third-order valence-electron chi connectivity index (χ3n) is 2.31. The van der Waals surface area contributed by atoms with Crippen molar-refractivity contribution >= 4 is 0 Å². The number of rotatable bonds is 1. The molecule has 0 aliphatic heterocycles. The molecule has 0 saturated carbocycles. The van der Waals surface area contributed by atoms with Gasteiger partial charge < -0.3 is 4.74 Å². The highest BCUT2D eigenvalue weighted by molar-refractivity contribution is 5.47. The molecule has 2 rings (SSSR count). The molecule has 0 amide bonds. The number of nitriles is 1. The normalized spacial score (nSPS) is 18.8. The lowest BCUT2D eigenvalue weighted by Gasteiger charge is -2.24. The van der Waals surface area contributed by atoms with Gasteiger partial charge in [-0.15, -0.1) is 0 Å². The lowest BCUT2D eigenvalue weighted by Crippen LogP contribution is -2.14. The van der Waals surface area contributed by atoms with Crippen molar-refractivity contribution in [3.8, 4) is 11.8 Å². The summed E-state index contributed by atoms with van der Waals surface area (Å²) >= 11 is 0. The van der Waals surface area contributed by atoms with Crippen LogP contribution in [0.4, 0.5) is 0 Å². The molecule has 0 saturated heterocycles. The predicted octanol–water partition coefficient (Wildman–Crippen LogP) is 1.86. The van der Waals surface area contributed by atoms with E-state index >= 15 is 0 Å². The summed E-state index contributed by atoms with van der Waals surface area (Å²) in [7, 11) is 1.65. The molecule has 1 unspecified atom stereocenters. The summed E-state index contributed by atoms with van der Waals surface area (Å²) in [6.07, 6.45) is 0.878. The summed E-state index contributed by atoms with van der Waals surface area (Å²) in [6, 6.07) is 8.14. The first-order chi connectivity index (χ1) is 5.85. The molecule has 1 aliphatic carbocycles. The number of fused-ring (bicyclic) bond motifs is 1. The molecule has 1 atom stereocenters. The Hall–Kier alpha value is -1.49. The maximum Gasteiger partial charge on any atom is 0.119 e. The van der Waals surface area contributed by atoms with Gasteiger partial charge in [0.2, 0.25) is 0 Å². The first-order valence-electron chi connectivity index (χ1n) is 3.91. The molecule has 60 valence electrons. The van der Waals surface area contributed by atoms with Gasteiger partial charge >= 0.3 is 0 Å². The average molecular weight is 159 g/mol. The Morgan fingerprint density at radius 1 is 1.58 bits per heavy atom. The SMILES string of the molecule is COc1ccc2c(c1)CC2C#N. The third-order valence-corrected chi connectivity index (χ3v) is 2.31. The maximum atomic E-state index is 8.68. The minimum atomic E-state index is 0.117. The fraction of sp³-hybridized carbons (Fsp3) is 0.300. The molecule has 0 heterocycles. The van der Waals surface area contributed by atoms with Gasteiger partial charge in [-0.1, -0.05) is 6.07 Å². The van der Waals surface area contributed by atoms with Crippen LogP contribution in [0.3, 0.4) is 0 Å². The van der Waals surface area contributed by atoms with Gasteiger partial charge in [-0.05, 0) is 29.7 Å². The monoisotopic (exact) mass is 159 g/mol. The van der Waals surface area contributed by atoms with Crippen molar-refractivity contribution < 1.29 is 4.74 Å². The Morgan fingerprint density at radius 3 is 3.00 bits per heavy atom. The van der Waals surface area contributed by atoms with Gasteiger partial charge in [-0.2, -0.15) is 5.26 Å². The zero-order valence-corrected chi connectivity index (χ0v) is 6.87. The van der Waals surface area contributed by atoms with Crippen LogP contribution in [0.25, 0.3) is 0 Å². The zero-order chi connectivity index (χ0) is 8.55. The van der Waals surface area contributed by atoms with Gasteiger partial charge in [0, 0.05) is 0 Å². The quantitative estimate of drug-likeness (QED) is 0.626. The van der Waals surface area contributed by atoms with Crippen molar-refractivity contribution in [2.24, 2.45) is 0 Å². The van der Waals surface area contributed by atoms with Crippen LogP contribution in [0.5, 0.6) is 5.75 Å². The minimum absolute atomic E-state index is 0.117. The molecule has 12 heavy (non-hydrogen) atoms. The molecule has 0 spiro atoms. The molecular weight excluding hydrogens is 150 g/mol. The highest BCUT2D eigenvalue weighted by atomic mass is 16.5. The number of ether oxygens (including phenoxy) is 1. The van der Waals surface area contributed by atoms with Gasteiger partial charge in [0.05, 0.1) is 19.1 Å². The molecule has 0 fully saturated rings. The topological polar surface area (TPSA) is 33.0 Å². The number of hydrogen-bond donors (Lipinski definition) is 0. The van der Waals surface area contributed by atoms with Crippen LogP contribution in [0, 0.1) is 11.3 Å². The number of nitrogens with zero attached hydrogens (tertiary/aromatic N) is 1. The second-order valence-electron chi connectivity index (χ2n) is 2.95. The predicted molar refractivity (Wildman–Crippen MR) is 45.1 cm³/mol. The van der Waals surface area contributed by atoms with Gasteiger partial charge in [0.25, 0.3) is 0 Å². The third kappa shape index (κ3) is 0.868. The van der Waals surface area contributed by atoms with E-state index in [2.05, 4.69) is 6.07 Å². The highest BCUT2D eigenvalue weighted by Gasteiger charge is 2.25. The number of hydrogen-bond acceptors (Lipinski definition) is 2. The van der Waals surface area contributed by atoms with E-state index in [-0.39, 0.29) is 5.92 Å². The lowest BCUT2D eigenvalue weighted by molar-refractivity contribution is 0.413. The Kier molecular flexibility index (Phi) is 1.51. The summed E-state index contributed by atoms with van der Waals surface area (Å²) in [5, 5.41) is 8.68. The van der Waals surface area contributed by atoms with Gasteiger partial charge in [0.1, 0.15) is 5.75 Å². The molecule has 1 aliphatic rings. The van der Waals surface area contributed by atoms with Gasteiger partial charge in [-0.3, -0.25) is 0 Å². The van der Waals surface area contributed by atoms with E-state index in [1.807, 2.05) is 18.2 Å². The summed E-state index contributed by atoms with van der Waals surface area (Å²) in [5.74, 6) is 0.996. The molecule has 0 N–H and O–H groups in total. The first kappa shape index (κ1) is 7.17. The first-order valence-corrected chi connectivity index (χ1v) is 3.91. The van der Waals surface area contributed by atoms with E-state index in [9.17, 15) is 0 Å². The molecule has 2 heteroatoms. The second-order valence-corrected chi connectivity index (χ2v) is 2.95. The van der Waals surface area contributed by atoms with E-state index in [4.69, 9.17) is 10.00 Å². The van der Waals surface area contributed by atoms with E-state index in [1.54, 1.807) is 7.11 Å². The van der Waals surface area contributed by atoms with E-state index in [0.29, 0.717) is 0 Å². The van der Waals surface area contributed by atoms with Crippen molar-refractivity contribution in [1.82, 2.24) is 0 Å². The molecule has 0 radical (unpaired) electrons. The zero-order valence-electron chi connectivity index (χ0n) is 6.87. The number of methoxy groups -OCH3 is 1. The summed E-state index contributed by atoms with van der Waals surface area (Å²) in [6.45, 7) is 0. The molecule has 1 aromatic carbocycles.